The van der Waals surface area contributed by atoms with Gasteiger partial charge in [-0.25, -0.2) is 13.1 Å². The van der Waals surface area contributed by atoms with E-state index in [1.807, 2.05) is 18.2 Å². The summed E-state index contributed by atoms with van der Waals surface area (Å²) in [5.41, 5.74) is 2.75. The van der Waals surface area contributed by atoms with Crippen molar-refractivity contribution in [2.24, 2.45) is 0 Å². The first-order valence-corrected chi connectivity index (χ1v) is 10.5. The van der Waals surface area contributed by atoms with E-state index in [-0.39, 0.29) is 17.3 Å². The number of rotatable bonds is 5. The van der Waals surface area contributed by atoms with Crippen LogP contribution in [0, 0.1) is 0 Å². The first kappa shape index (κ1) is 18.5. The van der Waals surface area contributed by atoms with E-state index in [2.05, 4.69) is 10.8 Å². The zero-order chi connectivity index (χ0) is 19.6. The Morgan fingerprint density at radius 2 is 1.86 bits per heavy atom. The van der Waals surface area contributed by atoms with Gasteiger partial charge in [-0.3, -0.25) is 4.79 Å². The Kier molecular flexibility index (Phi) is 5.02. The van der Waals surface area contributed by atoms with Gasteiger partial charge in [-0.2, -0.15) is 0 Å². The second-order valence-corrected chi connectivity index (χ2v) is 8.44. The van der Waals surface area contributed by atoms with Crippen LogP contribution in [0.25, 0.3) is 0 Å². The Hall–Kier alpha value is -2.90. The van der Waals surface area contributed by atoms with Crippen molar-refractivity contribution in [3.8, 4) is 0 Å². The van der Waals surface area contributed by atoms with E-state index in [1.165, 1.54) is 24.0 Å². The number of nitrogens with zero attached hydrogens (tertiary/aromatic N) is 1. The van der Waals surface area contributed by atoms with Crippen molar-refractivity contribution < 1.29 is 17.6 Å². The highest BCUT2D eigenvalue weighted by atomic mass is 32.2. The summed E-state index contributed by atoms with van der Waals surface area (Å²) in [6.07, 6.45) is 2.28. The fraction of sp³-hybridized carbons (Fsp3) is 0.190. The van der Waals surface area contributed by atoms with Crippen molar-refractivity contribution in [1.29, 1.82) is 0 Å². The topological polar surface area (TPSA) is 79.6 Å². The third-order valence-electron chi connectivity index (χ3n) is 4.83. The lowest BCUT2D eigenvalue weighted by Crippen LogP contribution is -2.36. The molecule has 2 aromatic carbocycles. The van der Waals surface area contributed by atoms with E-state index in [1.54, 1.807) is 29.2 Å². The van der Waals surface area contributed by atoms with Crippen molar-refractivity contribution >= 4 is 15.9 Å². The van der Waals surface area contributed by atoms with Crippen LogP contribution >= 0.6 is 0 Å². The average Bonchev–Trinajstić information content (AvgIpc) is 3.25. The van der Waals surface area contributed by atoms with Crippen LogP contribution in [0.5, 0.6) is 0 Å². The molecule has 4 rings (SSSR count). The number of hydrogen-bond acceptors (Lipinski definition) is 4. The van der Waals surface area contributed by atoms with Gasteiger partial charge in [-0.1, -0.05) is 30.3 Å². The van der Waals surface area contributed by atoms with E-state index in [4.69, 9.17) is 4.42 Å². The minimum absolute atomic E-state index is 0.0520. The molecular formula is C21H20N2O4S. The van der Waals surface area contributed by atoms with Crippen LogP contribution < -0.4 is 4.72 Å². The molecule has 1 aromatic heterocycles. The van der Waals surface area contributed by atoms with Crippen molar-refractivity contribution in [3.63, 3.8) is 0 Å². The molecule has 0 saturated carbocycles. The molecule has 2 heterocycles. The van der Waals surface area contributed by atoms with Gasteiger partial charge < -0.3 is 9.32 Å². The van der Waals surface area contributed by atoms with Gasteiger partial charge in [0.25, 0.3) is 5.91 Å². The molecule has 0 saturated heterocycles. The van der Waals surface area contributed by atoms with Gasteiger partial charge in [0, 0.05) is 18.7 Å². The van der Waals surface area contributed by atoms with Crippen molar-refractivity contribution in [2.75, 3.05) is 6.54 Å². The van der Waals surface area contributed by atoms with E-state index in [9.17, 15) is 13.2 Å². The second-order valence-electron chi connectivity index (χ2n) is 6.68. The smallest absolute Gasteiger partial charge is 0.254 e. The summed E-state index contributed by atoms with van der Waals surface area (Å²) in [7, 11) is -3.75. The van der Waals surface area contributed by atoms with E-state index in [0.29, 0.717) is 24.4 Å². The predicted octanol–water partition coefficient (Wildman–Crippen LogP) is 2.96. The Labute approximate surface area is 163 Å². The van der Waals surface area contributed by atoms with Gasteiger partial charge >= 0.3 is 0 Å². The molecule has 0 fully saturated rings. The summed E-state index contributed by atoms with van der Waals surface area (Å²) in [6, 6.07) is 17.6. The Morgan fingerprint density at radius 1 is 1.04 bits per heavy atom. The number of sulfonamides is 1. The quantitative estimate of drug-likeness (QED) is 0.719. The molecule has 7 heteroatoms. The second kappa shape index (κ2) is 7.61. The molecule has 0 atom stereocenters. The lowest BCUT2D eigenvalue weighted by molar-refractivity contribution is 0.0734. The maximum absolute atomic E-state index is 12.9. The molecule has 1 N–H and O–H groups in total. The van der Waals surface area contributed by atoms with E-state index < -0.39 is 10.0 Å². The first-order valence-electron chi connectivity index (χ1n) is 9.01. The summed E-state index contributed by atoms with van der Waals surface area (Å²) in [6.45, 7) is 1.20. The van der Waals surface area contributed by atoms with Crippen LogP contribution in [0.2, 0.25) is 0 Å². The maximum atomic E-state index is 12.9. The summed E-state index contributed by atoms with van der Waals surface area (Å²) in [5, 5.41) is 0. The molecule has 0 aliphatic carbocycles. The van der Waals surface area contributed by atoms with Gasteiger partial charge in [0.2, 0.25) is 10.0 Å². The van der Waals surface area contributed by atoms with Crippen molar-refractivity contribution in [2.45, 2.75) is 24.4 Å². The highest BCUT2D eigenvalue weighted by Crippen LogP contribution is 2.21. The Morgan fingerprint density at radius 3 is 2.64 bits per heavy atom. The average molecular weight is 396 g/mol. The number of benzene rings is 2. The summed E-state index contributed by atoms with van der Waals surface area (Å²) >= 11 is 0. The molecule has 0 unspecified atom stereocenters. The number of carbonyl (C=O) groups excluding carboxylic acids is 1. The molecule has 0 spiro atoms. The van der Waals surface area contributed by atoms with Crippen LogP contribution in [-0.2, 0) is 29.5 Å². The third-order valence-corrected chi connectivity index (χ3v) is 6.22. The van der Waals surface area contributed by atoms with Crippen LogP contribution in [0.4, 0.5) is 0 Å². The molecular weight excluding hydrogens is 376 g/mol. The minimum atomic E-state index is -3.75. The fourth-order valence-corrected chi connectivity index (χ4v) is 4.35. The van der Waals surface area contributed by atoms with Gasteiger partial charge in [-0.15, -0.1) is 0 Å². The monoisotopic (exact) mass is 396 g/mol. The highest BCUT2D eigenvalue weighted by Gasteiger charge is 2.23. The molecule has 3 aromatic rings. The van der Waals surface area contributed by atoms with Crippen LogP contribution in [0.1, 0.15) is 27.2 Å². The number of nitrogens with one attached hydrogen (secondary N) is 1. The molecule has 28 heavy (non-hydrogen) atoms. The van der Waals surface area contributed by atoms with Crippen LogP contribution in [-0.4, -0.2) is 25.8 Å². The number of furan rings is 1. The minimum Gasteiger partial charge on any atom is -0.468 e. The van der Waals surface area contributed by atoms with Crippen LogP contribution in [0.3, 0.4) is 0 Å². The molecule has 1 aliphatic heterocycles. The zero-order valence-electron chi connectivity index (χ0n) is 15.2. The predicted molar refractivity (Wildman–Crippen MR) is 104 cm³/mol. The zero-order valence-corrected chi connectivity index (χ0v) is 16.0. The number of fused-ring (bicyclic) bond motifs is 1. The van der Waals surface area contributed by atoms with Gasteiger partial charge in [0.1, 0.15) is 5.76 Å². The SMILES string of the molecule is O=C(c1cccc(S(=O)(=O)NCc2ccco2)c1)N1CCc2ccccc2C1. The lowest BCUT2D eigenvalue weighted by atomic mass is 9.99. The molecule has 0 radical (unpaired) electrons. The summed E-state index contributed by atoms with van der Waals surface area (Å²) < 4.78 is 32.8. The number of carbonyl (C=O) groups is 1. The van der Waals surface area contributed by atoms with Crippen LogP contribution in [0.15, 0.2) is 76.2 Å². The standard InChI is InChI=1S/C21H20N2O4S/c24-21(23-11-10-16-5-1-2-6-18(16)15-23)17-7-3-9-20(13-17)28(25,26)22-14-19-8-4-12-27-19/h1-9,12-13,22H,10-11,14-15H2. The van der Waals surface area contributed by atoms with Gasteiger partial charge in [0.15, 0.2) is 0 Å². The molecule has 1 amide bonds. The molecule has 144 valence electrons. The highest BCUT2D eigenvalue weighted by molar-refractivity contribution is 7.89. The molecule has 1 aliphatic rings. The van der Waals surface area contributed by atoms with Gasteiger partial charge in [-0.05, 0) is 47.9 Å². The van der Waals surface area contributed by atoms with Crippen molar-refractivity contribution in [1.82, 2.24) is 9.62 Å². The largest absolute Gasteiger partial charge is 0.468 e. The lowest BCUT2D eigenvalue weighted by Gasteiger charge is -2.29. The van der Waals surface area contributed by atoms with Gasteiger partial charge in [0.05, 0.1) is 17.7 Å². The van der Waals surface area contributed by atoms with E-state index in [0.717, 1.165) is 12.0 Å². The maximum Gasteiger partial charge on any atom is 0.254 e. The summed E-state index contributed by atoms with van der Waals surface area (Å²) in [4.78, 5) is 14.7. The summed E-state index contributed by atoms with van der Waals surface area (Å²) in [5.74, 6) is 0.348. The normalized spacial score (nSPS) is 13.9. The Bertz CT molecular complexity index is 1090. The van der Waals surface area contributed by atoms with E-state index >= 15 is 0 Å². The fourth-order valence-electron chi connectivity index (χ4n) is 3.31. The van der Waals surface area contributed by atoms with Crippen molar-refractivity contribution in [3.05, 3.63) is 89.4 Å². The molecule has 0 bridgehead atoms. The first-order chi connectivity index (χ1) is 13.5. The Balaban J connectivity index is 1.51. The number of hydrogen-bond donors (Lipinski definition) is 1. The molecule has 6 nitrogen and oxygen atoms in total. The number of amides is 1. The third kappa shape index (κ3) is 3.85.